The molecule has 2 atom stereocenters. The Balaban J connectivity index is 2.77. The number of methoxy groups -OCH3 is 1. The summed E-state index contributed by atoms with van der Waals surface area (Å²) in [7, 11) is 1.56. The molecule has 0 radical (unpaired) electrons. The second-order valence-corrected chi connectivity index (χ2v) is 4.05. The lowest BCUT2D eigenvalue weighted by atomic mass is 10.1. The van der Waals surface area contributed by atoms with Gasteiger partial charge in [0, 0.05) is 12.7 Å². The molecule has 1 aromatic heterocycles. The summed E-state index contributed by atoms with van der Waals surface area (Å²) in [6.45, 7) is 1.80. The normalized spacial score (nSPS) is 16.0. The van der Waals surface area contributed by atoms with Crippen molar-refractivity contribution >= 4 is 22.9 Å². The van der Waals surface area contributed by atoms with Crippen molar-refractivity contribution in [3.05, 3.63) is 21.3 Å². The molecule has 0 saturated heterocycles. The van der Waals surface area contributed by atoms with Gasteiger partial charge in [0.15, 0.2) is 0 Å². The zero-order valence-electron chi connectivity index (χ0n) is 6.95. The molecule has 12 heavy (non-hydrogen) atoms. The van der Waals surface area contributed by atoms with E-state index in [2.05, 4.69) is 0 Å². The van der Waals surface area contributed by atoms with Crippen molar-refractivity contribution in [2.45, 2.75) is 19.1 Å². The third-order valence-corrected chi connectivity index (χ3v) is 2.98. The Hall–Kier alpha value is -0.0900. The molecular formula is C8H11ClO2S. The zero-order valence-corrected chi connectivity index (χ0v) is 8.52. The van der Waals surface area contributed by atoms with Crippen molar-refractivity contribution in [2.75, 3.05) is 7.11 Å². The van der Waals surface area contributed by atoms with E-state index in [0.717, 1.165) is 5.56 Å². The number of hydrogen-bond donors (Lipinski definition) is 1. The van der Waals surface area contributed by atoms with Gasteiger partial charge in [-0.05, 0) is 18.4 Å². The number of ether oxygens (including phenoxy) is 1. The minimum absolute atomic E-state index is 0.225. The lowest BCUT2D eigenvalue weighted by Gasteiger charge is -2.16. The third kappa shape index (κ3) is 1.98. The Morgan fingerprint density at radius 3 is 2.75 bits per heavy atom. The lowest BCUT2D eigenvalue weighted by molar-refractivity contribution is -0.00116. The minimum Gasteiger partial charge on any atom is -0.386 e. The quantitative estimate of drug-likeness (QED) is 0.824. The average molecular weight is 207 g/mol. The van der Waals surface area contributed by atoms with E-state index in [1.165, 1.54) is 11.3 Å². The topological polar surface area (TPSA) is 29.5 Å². The smallest absolute Gasteiger partial charge is 0.107 e. The first-order valence-electron chi connectivity index (χ1n) is 3.60. The van der Waals surface area contributed by atoms with Crippen molar-refractivity contribution in [3.63, 3.8) is 0 Å². The van der Waals surface area contributed by atoms with Crippen LogP contribution < -0.4 is 0 Å². The summed E-state index contributed by atoms with van der Waals surface area (Å²) in [5, 5.41) is 11.5. The van der Waals surface area contributed by atoms with Gasteiger partial charge >= 0.3 is 0 Å². The zero-order chi connectivity index (χ0) is 9.14. The summed E-state index contributed by atoms with van der Waals surface area (Å²) in [6, 6.07) is 1.81. The number of aliphatic hydroxyl groups is 1. The Morgan fingerprint density at radius 2 is 2.33 bits per heavy atom. The molecule has 4 heteroatoms. The van der Waals surface area contributed by atoms with E-state index < -0.39 is 6.10 Å². The SMILES string of the molecule is COC(C)C(O)c1ccsc1Cl. The largest absolute Gasteiger partial charge is 0.386 e. The molecule has 0 aliphatic carbocycles. The maximum atomic E-state index is 9.66. The Bertz CT molecular complexity index is 249. The summed E-state index contributed by atoms with van der Waals surface area (Å²) in [5.41, 5.74) is 0.746. The van der Waals surface area contributed by atoms with E-state index in [0.29, 0.717) is 4.34 Å². The van der Waals surface area contributed by atoms with Crippen molar-refractivity contribution in [1.29, 1.82) is 0 Å². The number of hydrogen-bond acceptors (Lipinski definition) is 3. The standard InChI is InChI=1S/C8H11ClO2S/c1-5(11-2)7(10)6-3-4-12-8(6)9/h3-5,7,10H,1-2H3. The molecule has 0 aromatic carbocycles. The first kappa shape index (κ1) is 9.99. The molecule has 0 spiro atoms. The molecule has 1 rings (SSSR count). The first-order valence-corrected chi connectivity index (χ1v) is 4.86. The van der Waals surface area contributed by atoms with Gasteiger partial charge in [-0.15, -0.1) is 11.3 Å². The van der Waals surface area contributed by atoms with Gasteiger partial charge in [0.1, 0.15) is 6.10 Å². The van der Waals surface area contributed by atoms with Crippen LogP contribution in [0, 0.1) is 0 Å². The second-order valence-electron chi connectivity index (χ2n) is 2.54. The highest BCUT2D eigenvalue weighted by Gasteiger charge is 2.18. The highest BCUT2D eigenvalue weighted by molar-refractivity contribution is 7.14. The highest BCUT2D eigenvalue weighted by Crippen LogP contribution is 2.30. The van der Waals surface area contributed by atoms with Crippen LogP contribution in [0.3, 0.4) is 0 Å². The molecule has 2 unspecified atom stereocenters. The van der Waals surface area contributed by atoms with Crippen LogP contribution in [-0.4, -0.2) is 18.3 Å². The van der Waals surface area contributed by atoms with Crippen molar-refractivity contribution in [1.82, 2.24) is 0 Å². The lowest BCUT2D eigenvalue weighted by Crippen LogP contribution is -2.16. The molecule has 0 fully saturated rings. The molecule has 0 saturated carbocycles. The van der Waals surface area contributed by atoms with Gasteiger partial charge in [-0.25, -0.2) is 0 Å². The van der Waals surface area contributed by atoms with E-state index in [9.17, 15) is 5.11 Å². The molecule has 0 amide bonds. The predicted molar refractivity (Wildman–Crippen MR) is 50.8 cm³/mol. The van der Waals surface area contributed by atoms with Gasteiger partial charge in [-0.3, -0.25) is 0 Å². The molecule has 68 valence electrons. The first-order chi connectivity index (χ1) is 5.66. The van der Waals surface area contributed by atoms with Crippen molar-refractivity contribution in [2.24, 2.45) is 0 Å². The van der Waals surface area contributed by atoms with Crippen LogP contribution in [-0.2, 0) is 4.74 Å². The van der Waals surface area contributed by atoms with Crippen LogP contribution in [0.5, 0.6) is 0 Å². The van der Waals surface area contributed by atoms with E-state index in [4.69, 9.17) is 16.3 Å². The fraction of sp³-hybridized carbons (Fsp3) is 0.500. The molecule has 1 aromatic rings. The number of halogens is 1. The summed E-state index contributed by atoms with van der Waals surface area (Å²) >= 11 is 7.25. The molecule has 0 aliphatic rings. The molecule has 0 aliphatic heterocycles. The average Bonchev–Trinajstić information content (AvgIpc) is 2.48. The number of thiophene rings is 1. The van der Waals surface area contributed by atoms with Crippen LogP contribution in [0.25, 0.3) is 0 Å². The number of aliphatic hydroxyl groups excluding tert-OH is 1. The molecule has 0 bridgehead atoms. The number of rotatable bonds is 3. The molecular weight excluding hydrogens is 196 g/mol. The third-order valence-electron chi connectivity index (χ3n) is 1.78. The molecule has 2 nitrogen and oxygen atoms in total. The summed E-state index contributed by atoms with van der Waals surface area (Å²) in [6.07, 6.45) is -0.856. The van der Waals surface area contributed by atoms with Crippen LogP contribution in [0.2, 0.25) is 4.34 Å². The van der Waals surface area contributed by atoms with Gasteiger partial charge < -0.3 is 9.84 Å². The Labute approximate surface area is 80.7 Å². The van der Waals surface area contributed by atoms with E-state index in [-0.39, 0.29) is 6.10 Å². The maximum absolute atomic E-state index is 9.66. The van der Waals surface area contributed by atoms with Crippen LogP contribution >= 0.6 is 22.9 Å². The van der Waals surface area contributed by atoms with E-state index in [1.54, 1.807) is 14.0 Å². The van der Waals surface area contributed by atoms with Gasteiger partial charge in [0.05, 0.1) is 10.4 Å². The fourth-order valence-corrected chi connectivity index (χ4v) is 1.89. The fourth-order valence-electron chi connectivity index (χ4n) is 0.897. The van der Waals surface area contributed by atoms with Crippen LogP contribution in [0.4, 0.5) is 0 Å². The minimum atomic E-state index is -0.631. The van der Waals surface area contributed by atoms with Gasteiger partial charge in [-0.1, -0.05) is 11.6 Å². The Kier molecular flexibility index (Phi) is 3.53. The Morgan fingerprint density at radius 1 is 1.67 bits per heavy atom. The predicted octanol–water partition coefficient (Wildman–Crippen LogP) is 2.47. The highest BCUT2D eigenvalue weighted by atomic mass is 35.5. The summed E-state index contributed by atoms with van der Waals surface area (Å²) < 4.78 is 5.62. The van der Waals surface area contributed by atoms with Gasteiger partial charge in [0.2, 0.25) is 0 Å². The summed E-state index contributed by atoms with van der Waals surface area (Å²) in [5.74, 6) is 0. The summed E-state index contributed by atoms with van der Waals surface area (Å²) in [4.78, 5) is 0. The van der Waals surface area contributed by atoms with Gasteiger partial charge in [0.25, 0.3) is 0 Å². The van der Waals surface area contributed by atoms with E-state index in [1.807, 2.05) is 11.4 Å². The van der Waals surface area contributed by atoms with Crippen molar-refractivity contribution < 1.29 is 9.84 Å². The van der Waals surface area contributed by atoms with Gasteiger partial charge in [-0.2, -0.15) is 0 Å². The molecule has 1 N–H and O–H groups in total. The van der Waals surface area contributed by atoms with Crippen LogP contribution in [0.15, 0.2) is 11.4 Å². The molecule has 1 heterocycles. The van der Waals surface area contributed by atoms with E-state index >= 15 is 0 Å². The van der Waals surface area contributed by atoms with Crippen LogP contribution in [0.1, 0.15) is 18.6 Å². The monoisotopic (exact) mass is 206 g/mol. The van der Waals surface area contributed by atoms with Crippen molar-refractivity contribution in [3.8, 4) is 0 Å². The maximum Gasteiger partial charge on any atom is 0.107 e. The second kappa shape index (κ2) is 4.23.